The lowest BCUT2D eigenvalue weighted by molar-refractivity contribution is 0.0596. The highest BCUT2D eigenvalue weighted by atomic mass is 32.2. The van der Waals surface area contributed by atoms with Crippen molar-refractivity contribution in [2.45, 2.75) is 11.8 Å². The standard InChI is InChI=1S/C16H14N2O4S/c1-11-7-9-12(10-8-11)23(20,21)18-14-6-4-3-5-13(14)15(17-18)16(19)22-2/h3-10H,1-2H3. The van der Waals surface area contributed by atoms with Gasteiger partial charge in [-0.25, -0.2) is 4.79 Å². The van der Waals surface area contributed by atoms with Gasteiger partial charge in [-0.3, -0.25) is 0 Å². The summed E-state index contributed by atoms with van der Waals surface area (Å²) in [7, 11) is -2.68. The number of carbonyl (C=O) groups excluding carboxylic acids is 1. The summed E-state index contributed by atoms with van der Waals surface area (Å²) in [6.45, 7) is 1.87. The van der Waals surface area contributed by atoms with Crippen LogP contribution >= 0.6 is 0 Å². The fourth-order valence-electron chi connectivity index (χ4n) is 2.28. The molecule has 23 heavy (non-hydrogen) atoms. The molecule has 0 amide bonds. The van der Waals surface area contributed by atoms with E-state index in [2.05, 4.69) is 9.84 Å². The second-order valence-corrected chi connectivity index (χ2v) is 6.79. The van der Waals surface area contributed by atoms with Crippen LogP contribution in [0.15, 0.2) is 53.4 Å². The summed E-state index contributed by atoms with van der Waals surface area (Å²) < 4.78 is 31.2. The summed E-state index contributed by atoms with van der Waals surface area (Å²) in [5, 5.41) is 4.41. The van der Waals surface area contributed by atoms with Crippen molar-refractivity contribution in [3.05, 3.63) is 59.8 Å². The lowest BCUT2D eigenvalue weighted by Crippen LogP contribution is -2.15. The number of nitrogens with zero attached hydrogens (tertiary/aromatic N) is 2. The smallest absolute Gasteiger partial charge is 0.359 e. The maximum atomic E-state index is 12.8. The molecule has 0 radical (unpaired) electrons. The van der Waals surface area contributed by atoms with E-state index >= 15 is 0 Å². The molecular weight excluding hydrogens is 316 g/mol. The third-order valence-corrected chi connectivity index (χ3v) is 5.08. The number of aromatic nitrogens is 2. The van der Waals surface area contributed by atoms with Gasteiger partial charge in [-0.05, 0) is 25.1 Å². The first kappa shape index (κ1) is 15.2. The first-order valence-corrected chi connectivity index (χ1v) is 8.27. The largest absolute Gasteiger partial charge is 0.464 e. The molecule has 118 valence electrons. The molecule has 2 aromatic carbocycles. The topological polar surface area (TPSA) is 78.3 Å². The van der Waals surface area contributed by atoms with Crippen molar-refractivity contribution in [2.75, 3.05) is 7.11 Å². The Bertz CT molecular complexity index is 989. The van der Waals surface area contributed by atoms with Gasteiger partial charge in [-0.15, -0.1) is 5.10 Å². The Kier molecular flexibility index (Phi) is 3.65. The van der Waals surface area contributed by atoms with Crippen LogP contribution in [0.25, 0.3) is 10.9 Å². The Balaban J connectivity index is 2.27. The number of methoxy groups -OCH3 is 1. The Morgan fingerprint density at radius 2 is 1.74 bits per heavy atom. The molecule has 0 aliphatic rings. The summed E-state index contributed by atoms with van der Waals surface area (Å²) in [6.07, 6.45) is 0. The van der Waals surface area contributed by atoms with Crippen LogP contribution in [0.2, 0.25) is 0 Å². The van der Waals surface area contributed by atoms with Crippen LogP contribution in [0.4, 0.5) is 0 Å². The molecule has 7 heteroatoms. The number of hydrogen-bond donors (Lipinski definition) is 0. The summed E-state index contributed by atoms with van der Waals surface area (Å²) in [5.41, 5.74) is 1.25. The highest BCUT2D eigenvalue weighted by Crippen LogP contribution is 2.24. The zero-order chi connectivity index (χ0) is 16.6. The molecule has 0 bridgehead atoms. The van der Waals surface area contributed by atoms with E-state index in [0.29, 0.717) is 10.9 Å². The van der Waals surface area contributed by atoms with Gasteiger partial charge in [0.25, 0.3) is 10.0 Å². The van der Waals surface area contributed by atoms with Crippen molar-refractivity contribution in [3.63, 3.8) is 0 Å². The van der Waals surface area contributed by atoms with Crippen molar-refractivity contribution in [2.24, 2.45) is 0 Å². The fraction of sp³-hybridized carbons (Fsp3) is 0.125. The number of carbonyl (C=O) groups is 1. The van der Waals surface area contributed by atoms with Gasteiger partial charge < -0.3 is 4.74 Å². The highest BCUT2D eigenvalue weighted by molar-refractivity contribution is 7.90. The predicted octanol–water partition coefficient (Wildman–Crippen LogP) is 2.37. The number of hydrogen-bond acceptors (Lipinski definition) is 5. The van der Waals surface area contributed by atoms with Gasteiger partial charge in [0.2, 0.25) is 0 Å². The van der Waals surface area contributed by atoms with Crippen LogP contribution in [-0.4, -0.2) is 30.7 Å². The average molecular weight is 330 g/mol. The maximum absolute atomic E-state index is 12.8. The van der Waals surface area contributed by atoms with Crippen LogP contribution in [-0.2, 0) is 14.8 Å². The molecule has 1 heterocycles. The third kappa shape index (κ3) is 2.49. The van der Waals surface area contributed by atoms with Crippen molar-refractivity contribution in [1.29, 1.82) is 0 Å². The van der Waals surface area contributed by atoms with Crippen LogP contribution in [0.5, 0.6) is 0 Å². The monoisotopic (exact) mass is 330 g/mol. The van der Waals surface area contributed by atoms with E-state index in [0.717, 1.165) is 9.65 Å². The molecule has 0 saturated heterocycles. The Labute approximate surface area is 133 Å². The highest BCUT2D eigenvalue weighted by Gasteiger charge is 2.25. The van der Waals surface area contributed by atoms with Crippen molar-refractivity contribution in [3.8, 4) is 0 Å². The molecule has 3 aromatic rings. The minimum absolute atomic E-state index is 0.0289. The van der Waals surface area contributed by atoms with Crippen molar-refractivity contribution in [1.82, 2.24) is 9.19 Å². The van der Waals surface area contributed by atoms with Gasteiger partial charge >= 0.3 is 5.97 Å². The maximum Gasteiger partial charge on any atom is 0.359 e. The molecule has 3 rings (SSSR count). The fourth-order valence-corrected chi connectivity index (χ4v) is 3.57. The van der Waals surface area contributed by atoms with Gasteiger partial charge in [-0.2, -0.15) is 12.5 Å². The number of ether oxygens (including phenoxy) is 1. The zero-order valence-electron chi connectivity index (χ0n) is 12.6. The van der Waals surface area contributed by atoms with Crippen LogP contribution in [0.3, 0.4) is 0 Å². The van der Waals surface area contributed by atoms with Crippen molar-refractivity contribution >= 4 is 26.9 Å². The number of aryl methyl sites for hydroxylation is 1. The number of benzene rings is 2. The molecule has 0 unspecified atom stereocenters. The molecule has 0 aliphatic heterocycles. The SMILES string of the molecule is COC(=O)c1nn(S(=O)(=O)c2ccc(C)cc2)c2ccccc12. The second-order valence-electron chi connectivity index (χ2n) is 5.02. The van der Waals surface area contributed by atoms with Gasteiger partial charge in [-0.1, -0.05) is 35.9 Å². The summed E-state index contributed by atoms with van der Waals surface area (Å²) in [6, 6.07) is 13.1. The van der Waals surface area contributed by atoms with Crippen LogP contribution < -0.4 is 0 Å². The Morgan fingerprint density at radius 3 is 2.39 bits per heavy atom. The quantitative estimate of drug-likeness (QED) is 0.689. The molecular formula is C16H14N2O4S. The van der Waals surface area contributed by atoms with E-state index in [-0.39, 0.29) is 10.6 Å². The molecule has 0 spiro atoms. The number of fused-ring (bicyclic) bond motifs is 1. The summed E-state index contributed by atoms with van der Waals surface area (Å²) in [4.78, 5) is 12.0. The van der Waals surface area contributed by atoms with Gasteiger partial charge in [0, 0.05) is 5.39 Å². The minimum atomic E-state index is -3.91. The van der Waals surface area contributed by atoms with E-state index in [1.165, 1.54) is 19.2 Å². The predicted molar refractivity (Wildman–Crippen MR) is 84.8 cm³/mol. The molecule has 6 nitrogen and oxygen atoms in total. The van der Waals surface area contributed by atoms with E-state index in [1.807, 2.05) is 6.92 Å². The lowest BCUT2D eigenvalue weighted by atomic mass is 10.2. The van der Waals surface area contributed by atoms with Crippen LogP contribution in [0, 0.1) is 6.92 Å². The molecule has 0 N–H and O–H groups in total. The minimum Gasteiger partial charge on any atom is -0.464 e. The lowest BCUT2D eigenvalue weighted by Gasteiger charge is -2.06. The van der Waals surface area contributed by atoms with Crippen LogP contribution in [0.1, 0.15) is 16.1 Å². The number of para-hydroxylation sites is 1. The van der Waals surface area contributed by atoms with E-state index in [4.69, 9.17) is 0 Å². The van der Waals surface area contributed by atoms with Crippen molar-refractivity contribution < 1.29 is 17.9 Å². The number of rotatable bonds is 3. The van der Waals surface area contributed by atoms with Gasteiger partial charge in [0.1, 0.15) is 0 Å². The van der Waals surface area contributed by atoms with Gasteiger partial charge in [0.05, 0.1) is 17.5 Å². The summed E-state index contributed by atoms with van der Waals surface area (Å²) >= 11 is 0. The first-order valence-electron chi connectivity index (χ1n) is 6.83. The van der Waals surface area contributed by atoms with E-state index < -0.39 is 16.0 Å². The Hall–Kier alpha value is -2.67. The normalized spacial score (nSPS) is 11.6. The third-order valence-electron chi connectivity index (χ3n) is 3.48. The molecule has 0 saturated carbocycles. The Morgan fingerprint density at radius 1 is 1.09 bits per heavy atom. The first-order chi connectivity index (χ1) is 10.9. The molecule has 0 atom stereocenters. The molecule has 0 fully saturated rings. The van der Waals surface area contributed by atoms with E-state index in [1.54, 1.807) is 36.4 Å². The zero-order valence-corrected chi connectivity index (χ0v) is 13.4. The molecule has 1 aromatic heterocycles. The van der Waals surface area contributed by atoms with E-state index in [9.17, 15) is 13.2 Å². The van der Waals surface area contributed by atoms with Gasteiger partial charge in [0.15, 0.2) is 5.69 Å². The molecule has 0 aliphatic carbocycles. The summed E-state index contributed by atoms with van der Waals surface area (Å²) in [5.74, 6) is -0.681. The number of esters is 1. The average Bonchev–Trinajstić information content (AvgIpc) is 2.95. The second kappa shape index (κ2) is 5.51.